The van der Waals surface area contributed by atoms with Crippen molar-refractivity contribution in [1.82, 2.24) is 20.2 Å². The fourth-order valence-corrected chi connectivity index (χ4v) is 7.11. The molecule has 2 heterocycles. The van der Waals surface area contributed by atoms with Gasteiger partial charge in [-0.2, -0.15) is 0 Å². The molecule has 2 fully saturated rings. The maximum atomic E-state index is 14.2. The summed E-state index contributed by atoms with van der Waals surface area (Å²) in [6.07, 6.45) is 8.48. The molecule has 0 spiro atoms. The SMILES string of the molecule is CCN(C(=O)c1cc(F)ccc1Oc1cncnc1N1CCC(O)(CNCC2CCC(S(C)(=O)=O)CC2)CC1)C(C)C. The fraction of sp³-hybridized carbons (Fsp3) is 0.633. The summed E-state index contributed by atoms with van der Waals surface area (Å²) >= 11 is 0. The van der Waals surface area contributed by atoms with Crippen molar-refractivity contribution < 1.29 is 27.4 Å². The highest BCUT2D eigenvalue weighted by Gasteiger charge is 2.34. The molecule has 0 unspecified atom stereocenters. The highest BCUT2D eigenvalue weighted by Crippen LogP contribution is 2.35. The number of halogens is 1. The zero-order valence-corrected chi connectivity index (χ0v) is 25.9. The van der Waals surface area contributed by atoms with Gasteiger partial charge in [0.05, 0.1) is 22.6 Å². The molecule has 1 saturated heterocycles. The Morgan fingerprint density at radius 3 is 2.52 bits per heavy atom. The number of aromatic nitrogens is 2. The van der Waals surface area contributed by atoms with Crippen LogP contribution in [0.15, 0.2) is 30.7 Å². The van der Waals surface area contributed by atoms with E-state index in [1.54, 1.807) is 4.90 Å². The van der Waals surface area contributed by atoms with Crippen LogP contribution in [0.2, 0.25) is 0 Å². The van der Waals surface area contributed by atoms with Crippen LogP contribution >= 0.6 is 0 Å². The fourth-order valence-electron chi connectivity index (χ4n) is 5.98. The predicted molar refractivity (Wildman–Crippen MR) is 160 cm³/mol. The van der Waals surface area contributed by atoms with Crippen molar-refractivity contribution in [3.8, 4) is 11.5 Å². The molecule has 1 aromatic carbocycles. The summed E-state index contributed by atoms with van der Waals surface area (Å²) < 4.78 is 44.0. The summed E-state index contributed by atoms with van der Waals surface area (Å²) in [6.45, 7) is 8.46. The van der Waals surface area contributed by atoms with Gasteiger partial charge in [0.15, 0.2) is 11.6 Å². The van der Waals surface area contributed by atoms with Crippen LogP contribution in [0.4, 0.5) is 10.2 Å². The summed E-state index contributed by atoms with van der Waals surface area (Å²) in [5.74, 6) is 0.681. The molecule has 0 radical (unpaired) electrons. The number of benzene rings is 1. The van der Waals surface area contributed by atoms with Crippen molar-refractivity contribution in [2.75, 3.05) is 43.9 Å². The molecule has 1 saturated carbocycles. The molecule has 232 valence electrons. The highest BCUT2D eigenvalue weighted by molar-refractivity contribution is 7.91. The van der Waals surface area contributed by atoms with Gasteiger partial charge in [-0.1, -0.05) is 0 Å². The molecule has 1 aliphatic heterocycles. The van der Waals surface area contributed by atoms with Gasteiger partial charge in [-0.05, 0) is 90.0 Å². The first-order chi connectivity index (χ1) is 19.9. The van der Waals surface area contributed by atoms with E-state index in [9.17, 15) is 22.7 Å². The Kier molecular flexibility index (Phi) is 10.4. The molecule has 0 atom stereocenters. The first kappa shape index (κ1) is 32.1. The van der Waals surface area contributed by atoms with Crippen molar-refractivity contribution in [2.45, 2.75) is 76.2 Å². The second-order valence-corrected chi connectivity index (χ2v) is 14.3. The van der Waals surface area contributed by atoms with E-state index in [1.165, 1.54) is 37.0 Å². The molecular formula is C30H44FN5O5S. The van der Waals surface area contributed by atoms with E-state index in [0.29, 0.717) is 69.3 Å². The number of carbonyl (C=O) groups is 1. The van der Waals surface area contributed by atoms with Crippen LogP contribution in [0.1, 0.15) is 69.7 Å². The van der Waals surface area contributed by atoms with E-state index in [4.69, 9.17) is 4.74 Å². The first-order valence-corrected chi connectivity index (χ1v) is 16.8. The van der Waals surface area contributed by atoms with Crippen LogP contribution in [0.25, 0.3) is 0 Å². The third kappa shape index (κ3) is 7.96. The van der Waals surface area contributed by atoms with Gasteiger partial charge in [0.25, 0.3) is 5.91 Å². The number of piperidine rings is 1. The zero-order chi connectivity index (χ0) is 30.5. The number of anilines is 1. The minimum absolute atomic E-state index is 0.0641. The minimum atomic E-state index is -2.98. The molecule has 2 aromatic rings. The monoisotopic (exact) mass is 605 g/mol. The molecular weight excluding hydrogens is 561 g/mol. The van der Waals surface area contributed by atoms with Crippen molar-refractivity contribution >= 4 is 21.6 Å². The van der Waals surface area contributed by atoms with Crippen molar-refractivity contribution in [3.63, 3.8) is 0 Å². The van der Waals surface area contributed by atoms with E-state index in [1.807, 2.05) is 25.7 Å². The quantitative estimate of drug-likeness (QED) is 0.394. The minimum Gasteiger partial charge on any atom is -0.451 e. The van der Waals surface area contributed by atoms with Crippen molar-refractivity contribution in [2.24, 2.45) is 5.92 Å². The lowest BCUT2D eigenvalue weighted by Gasteiger charge is -2.39. The Balaban J connectivity index is 1.36. The average molecular weight is 606 g/mol. The Labute approximate surface area is 248 Å². The van der Waals surface area contributed by atoms with E-state index in [0.717, 1.165) is 19.4 Å². The van der Waals surface area contributed by atoms with E-state index in [2.05, 4.69) is 15.3 Å². The topological polar surface area (TPSA) is 125 Å². The second kappa shape index (κ2) is 13.6. The lowest BCUT2D eigenvalue weighted by Crippen LogP contribution is -2.51. The van der Waals surface area contributed by atoms with Crippen molar-refractivity contribution in [3.05, 3.63) is 42.1 Å². The molecule has 4 rings (SSSR count). The summed E-state index contributed by atoms with van der Waals surface area (Å²) in [6, 6.07) is 3.83. The largest absolute Gasteiger partial charge is 0.451 e. The van der Waals surface area contributed by atoms with Crippen LogP contribution in [0.5, 0.6) is 11.5 Å². The molecule has 2 N–H and O–H groups in total. The molecule has 12 heteroatoms. The number of amides is 1. The van der Waals surface area contributed by atoms with Gasteiger partial charge in [0, 0.05) is 38.5 Å². The third-order valence-corrected chi connectivity index (χ3v) is 10.2. The first-order valence-electron chi connectivity index (χ1n) is 14.9. The average Bonchev–Trinajstić information content (AvgIpc) is 2.95. The molecule has 0 bridgehead atoms. The Hall–Kier alpha value is -2.83. The Morgan fingerprint density at radius 1 is 1.21 bits per heavy atom. The van der Waals surface area contributed by atoms with Crippen LogP contribution in [-0.4, -0.2) is 90.2 Å². The number of aliphatic hydroxyl groups is 1. The molecule has 1 aliphatic carbocycles. The standard InChI is InChI=1S/C30H44FN5O5S/c1-5-36(21(2)3)29(37)25-16-23(31)8-11-26(25)41-27-18-33-20-34-28(27)35-14-12-30(38,13-15-35)19-32-17-22-6-9-24(10-7-22)42(4,39)40/h8,11,16,18,20-22,24,32,38H,5-7,9-10,12-15,17,19H2,1-4H3. The number of ether oxygens (including phenoxy) is 1. The number of hydrogen-bond acceptors (Lipinski definition) is 9. The summed E-state index contributed by atoms with van der Waals surface area (Å²) in [5.41, 5.74) is -0.741. The van der Waals surface area contributed by atoms with Gasteiger partial charge in [0.1, 0.15) is 27.7 Å². The maximum Gasteiger partial charge on any atom is 0.257 e. The van der Waals surface area contributed by atoms with Crippen LogP contribution < -0.4 is 15.0 Å². The summed E-state index contributed by atoms with van der Waals surface area (Å²) in [7, 11) is -2.98. The molecule has 1 aromatic heterocycles. The molecule has 2 aliphatic rings. The number of hydrogen-bond donors (Lipinski definition) is 2. The smallest absolute Gasteiger partial charge is 0.257 e. The number of nitrogens with zero attached hydrogens (tertiary/aromatic N) is 4. The summed E-state index contributed by atoms with van der Waals surface area (Å²) in [4.78, 5) is 25.5. The maximum absolute atomic E-state index is 14.2. The van der Waals surface area contributed by atoms with Crippen LogP contribution in [0.3, 0.4) is 0 Å². The lowest BCUT2D eigenvalue weighted by atomic mass is 9.88. The zero-order valence-electron chi connectivity index (χ0n) is 25.1. The molecule has 10 nitrogen and oxygen atoms in total. The second-order valence-electron chi connectivity index (χ2n) is 12.0. The lowest BCUT2D eigenvalue weighted by molar-refractivity contribution is 0.0156. The van der Waals surface area contributed by atoms with Gasteiger partial charge in [-0.25, -0.2) is 22.8 Å². The number of sulfone groups is 1. The third-order valence-electron chi connectivity index (χ3n) is 8.56. The van der Waals surface area contributed by atoms with E-state index in [-0.39, 0.29) is 28.5 Å². The summed E-state index contributed by atoms with van der Waals surface area (Å²) in [5, 5.41) is 14.5. The van der Waals surface area contributed by atoms with Gasteiger partial charge in [0.2, 0.25) is 0 Å². The Bertz CT molecular complexity index is 1330. The predicted octanol–water partition coefficient (Wildman–Crippen LogP) is 3.80. The van der Waals surface area contributed by atoms with Gasteiger partial charge >= 0.3 is 0 Å². The van der Waals surface area contributed by atoms with Crippen LogP contribution in [-0.2, 0) is 9.84 Å². The Morgan fingerprint density at radius 2 is 1.90 bits per heavy atom. The number of carbonyl (C=O) groups excluding carboxylic acids is 1. The van der Waals surface area contributed by atoms with Gasteiger partial charge in [-0.3, -0.25) is 4.79 Å². The van der Waals surface area contributed by atoms with E-state index >= 15 is 0 Å². The number of rotatable bonds is 11. The number of nitrogens with one attached hydrogen (secondary N) is 1. The van der Waals surface area contributed by atoms with Gasteiger partial charge < -0.3 is 25.0 Å². The van der Waals surface area contributed by atoms with Crippen LogP contribution in [0, 0.1) is 11.7 Å². The normalized spacial score (nSPS) is 20.9. The molecule has 1 amide bonds. The highest BCUT2D eigenvalue weighted by atomic mass is 32.2. The van der Waals surface area contributed by atoms with Gasteiger partial charge in [-0.15, -0.1) is 0 Å². The molecule has 42 heavy (non-hydrogen) atoms. The van der Waals surface area contributed by atoms with Crippen molar-refractivity contribution in [1.29, 1.82) is 0 Å². The van der Waals surface area contributed by atoms with E-state index < -0.39 is 21.3 Å².